The van der Waals surface area contributed by atoms with Crippen LogP contribution in [0.2, 0.25) is 0 Å². The van der Waals surface area contributed by atoms with Crippen LogP contribution in [0.15, 0.2) is 18.3 Å². The molecule has 18 heavy (non-hydrogen) atoms. The lowest BCUT2D eigenvalue weighted by molar-refractivity contribution is -0.00720. The fourth-order valence-electron chi connectivity index (χ4n) is 5.28. The molecule has 4 aliphatic carbocycles. The molecule has 4 aliphatic rings. The first kappa shape index (κ1) is 11.0. The monoisotopic (exact) mass is 242 g/mol. The zero-order valence-corrected chi connectivity index (χ0v) is 10.9. The predicted octanol–water partition coefficient (Wildman–Crippen LogP) is 3.01. The number of nitrogens with two attached hydrogens (primary N) is 1. The maximum atomic E-state index is 5.67. The topological polar surface area (TPSA) is 38.9 Å². The van der Waals surface area contributed by atoms with Crippen molar-refractivity contribution < 1.29 is 0 Å². The lowest BCUT2D eigenvalue weighted by atomic mass is 9.49. The molecule has 1 aromatic heterocycles. The lowest BCUT2D eigenvalue weighted by Gasteiger charge is -2.56. The van der Waals surface area contributed by atoms with Gasteiger partial charge in [-0.05, 0) is 67.9 Å². The molecule has 1 heterocycles. The number of nitrogens with zero attached hydrogens (tertiary/aromatic N) is 1. The van der Waals surface area contributed by atoms with Crippen LogP contribution in [-0.2, 0) is 12.0 Å². The van der Waals surface area contributed by atoms with E-state index < -0.39 is 0 Å². The maximum absolute atomic E-state index is 5.67. The van der Waals surface area contributed by atoms with E-state index in [-0.39, 0.29) is 0 Å². The highest BCUT2D eigenvalue weighted by molar-refractivity contribution is 5.25. The number of aromatic nitrogens is 1. The molecule has 5 rings (SSSR count). The van der Waals surface area contributed by atoms with Crippen LogP contribution in [0.5, 0.6) is 0 Å². The first-order chi connectivity index (χ1) is 8.77. The molecule has 0 aromatic carbocycles. The Morgan fingerprint density at radius 3 is 2.11 bits per heavy atom. The summed E-state index contributed by atoms with van der Waals surface area (Å²) in [5.41, 5.74) is 8.61. The Morgan fingerprint density at radius 1 is 1.06 bits per heavy atom. The van der Waals surface area contributed by atoms with Gasteiger partial charge >= 0.3 is 0 Å². The molecule has 1 aromatic rings. The van der Waals surface area contributed by atoms with E-state index >= 15 is 0 Å². The van der Waals surface area contributed by atoms with Gasteiger partial charge in [-0.2, -0.15) is 0 Å². The molecular weight excluding hydrogens is 220 g/mol. The highest BCUT2D eigenvalue weighted by atomic mass is 14.7. The van der Waals surface area contributed by atoms with Crippen molar-refractivity contribution in [3.8, 4) is 0 Å². The zero-order valence-electron chi connectivity index (χ0n) is 10.9. The molecule has 0 atom stereocenters. The van der Waals surface area contributed by atoms with Crippen LogP contribution >= 0.6 is 0 Å². The molecule has 2 N–H and O–H groups in total. The largest absolute Gasteiger partial charge is 0.326 e. The molecule has 4 saturated carbocycles. The molecule has 4 bridgehead atoms. The average molecular weight is 242 g/mol. The first-order valence-corrected chi connectivity index (χ1v) is 7.43. The summed E-state index contributed by atoms with van der Waals surface area (Å²) in [6, 6.07) is 4.44. The van der Waals surface area contributed by atoms with Crippen molar-refractivity contribution in [3.63, 3.8) is 0 Å². The minimum Gasteiger partial charge on any atom is -0.326 e. The summed E-state index contributed by atoms with van der Waals surface area (Å²) in [5.74, 6) is 2.98. The van der Waals surface area contributed by atoms with Crippen LogP contribution in [0.4, 0.5) is 0 Å². The molecule has 0 saturated heterocycles. The SMILES string of the molecule is NCc1ccc(C23CC4CC(CC(C4)C2)C3)nc1. The van der Waals surface area contributed by atoms with Crippen molar-refractivity contribution in [2.75, 3.05) is 0 Å². The number of hydrogen-bond donors (Lipinski definition) is 1. The fraction of sp³-hybridized carbons (Fsp3) is 0.688. The fourth-order valence-corrected chi connectivity index (χ4v) is 5.28. The van der Waals surface area contributed by atoms with Gasteiger partial charge < -0.3 is 5.73 Å². The highest BCUT2D eigenvalue weighted by Gasteiger charge is 2.52. The standard InChI is InChI=1S/C16H22N2/c17-9-11-1-2-15(18-10-11)16-6-12-3-13(7-16)5-14(4-12)8-16/h1-2,10,12-14H,3-9,17H2. The van der Waals surface area contributed by atoms with Crippen molar-refractivity contribution in [1.29, 1.82) is 0 Å². The summed E-state index contributed by atoms with van der Waals surface area (Å²) in [7, 11) is 0. The molecule has 96 valence electrons. The van der Waals surface area contributed by atoms with E-state index in [4.69, 9.17) is 10.7 Å². The minimum absolute atomic E-state index is 0.432. The molecule has 4 fully saturated rings. The normalized spacial score (nSPS) is 41.3. The van der Waals surface area contributed by atoms with Crippen molar-refractivity contribution in [2.24, 2.45) is 23.5 Å². The second kappa shape index (κ2) is 3.80. The van der Waals surface area contributed by atoms with E-state index in [2.05, 4.69) is 12.1 Å². The molecule has 0 amide bonds. The van der Waals surface area contributed by atoms with Crippen LogP contribution in [0.1, 0.15) is 49.8 Å². The Kier molecular flexibility index (Phi) is 2.32. The summed E-state index contributed by atoms with van der Waals surface area (Å²) in [6.45, 7) is 0.605. The third kappa shape index (κ3) is 1.55. The van der Waals surface area contributed by atoms with Gasteiger partial charge in [-0.25, -0.2) is 0 Å². The van der Waals surface area contributed by atoms with Gasteiger partial charge in [0.05, 0.1) is 0 Å². The summed E-state index contributed by atoms with van der Waals surface area (Å²) in [5, 5.41) is 0. The number of pyridine rings is 1. The van der Waals surface area contributed by atoms with E-state index in [1.165, 1.54) is 44.2 Å². The van der Waals surface area contributed by atoms with Gasteiger partial charge in [0, 0.05) is 23.9 Å². The Hall–Kier alpha value is -0.890. The van der Waals surface area contributed by atoms with Crippen molar-refractivity contribution in [3.05, 3.63) is 29.6 Å². The summed E-state index contributed by atoms with van der Waals surface area (Å²) >= 11 is 0. The quantitative estimate of drug-likeness (QED) is 0.866. The van der Waals surface area contributed by atoms with E-state index in [9.17, 15) is 0 Å². The van der Waals surface area contributed by atoms with Gasteiger partial charge in [0.25, 0.3) is 0 Å². The number of hydrogen-bond acceptors (Lipinski definition) is 2. The maximum Gasteiger partial charge on any atom is 0.0465 e. The molecule has 0 radical (unpaired) electrons. The molecule has 0 spiro atoms. The average Bonchev–Trinajstić information content (AvgIpc) is 2.37. The van der Waals surface area contributed by atoms with Crippen molar-refractivity contribution >= 4 is 0 Å². The van der Waals surface area contributed by atoms with Crippen LogP contribution in [0, 0.1) is 17.8 Å². The van der Waals surface area contributed by atoms with Gasteiger partial charge in [0.1, 0.15) is 0 Å². The van der Waals surface area contributed by atoms with Crippen LogP contribution in [-0.4, -0.2) is 4.98 Å². The van der Waals surface area contributed by atoms with Crippen LogP contribution in [0.3, 0.4) is 0 Å². The first-order valence-electron chi connectivity index (χ1n) is 7.43. The number of rotatable bonds is 2. The minimum atomic E-state index is 0.432. The summed E-state index contributed by atoms with van der Waals surface area (Å²) in [4.78, 5) is 4.76. The van der Waals surface area contributed by atoms with Crippen LogP contribution in [0.25, 0.3) is 0 Å². The van der Waals surface area contributed by atoms with Gasteiger partial charge in [-0.3, -0.25) is 4.98 Å². The Balaban J connectivity index is 1.70. The van der Waals surface area contributed by atoms with Gasteiger partial charge in [-0.1, -0.05) is 6.07 Å². The van der Waals surface area contributed by atoms with E-state index in [0.717, 1.165) is 23.3 Å². The second-order valence-electron chi connectivity index (χ2n) is 6.95. The Labute approximate surface area is 109 Å². The molecular formula is C16H22N2. The molecule has 2 heteroatoms. The van der Waals surface area contributed by atoms with E-state index in [0.29, 0.717) is 12.0 Å². The predicted molar refractivity (Wildman–Crippen MR) is 72.0 cm³/mol. The van der Waals surface area contributed by atoms with Crippen molar-refractivity contribution in [2.45, 2.75) is 50.5 Å². The van der Waals surface area contributed by atoms with Gasteiger partial charge in [-0.15, -0.1) is 0 Å². The second-order valence-corrected chi connectivity index (χ2v) is 6.95. The van der Waals surface area contributed by atoms with E-state index in [1.54, 1.807) is 0 Å². The summed E-state index contributed by atoms with van der Waals surface area (Å²) < 4.78 is 0. The van der Waals surface area contributed by atoms with E-state index in [1.807, 2.05) is 6.20 Å². The smallest absolute Gasteiger partial charge is 0.0465 e. The summed E-state index contributed by atoms with van der Waals surface area (Å²) in [6.07, 6.45) is 10.7. The molecule has 2 nitrogen and oxygen atoms in total. The Morgan fingerprint density at radius 2 is 1.67 bits per heavy atom. The Bertz CT molecular complexity index is 413. The third-order valence-electron chi connectivity index (χ3n) is 5.64. The van der Waals surface area contributed by atoms with Gasteiger partial charge in [0.15, 0.2) is 0 Å². The zero-order chi connectivity index (χ0) is 12.2. The molecule has 0 unspecified atom stereocenters. The molecule has 0 aliphatic heterocycles. The lowest BCUT2D eigenvalue weighted by Crippen LogP contribution is -2.48. The van der Waals surface area contributed by atoms with Crippen LogP contribution < -0.4 is 5.73 Å². The highest BCUT2D eigenvalue weighted by Crippen LogP contribution is 2.60. The third-order valence-corrected chi connectivity index (χ3v) is 5.64. The van der Waals surface area contributed by atoms with Crippen molar-refractivity contribution in [1.82, 2.24) is 4.98 Å². The van der Waals surface area contributed by atoms with Gasteiger partial charge in [0.2, 0.25) is 0 Å².